The Hall–Kier alpha value is -3.47. The van der Waals surface area contributed by atoms with Gasteiger partial charge in [0.05, 0.1) is 23.0 Å². The van der Waals surface area contributed by atoms with Crippen LogP contribution in [-0.4, -0.2) is 27.2 Å². The Morgan fingerprint density at radius 1 is 1.04 bits per heavy atom. The largest absolute Gasteiger partial charge is 0.497 e. The standard InChI is InChI=1S/C16H12N4O6S/c1-25-14-4-2-11(3-5-14)15-17-18-16(26-15)27-9-10-6-12(19(21)22)8-13(7-10)20(23)24/h2-8H,9H2,1H3. The highest BCUT2D eigenvalue weighted by atomic mass is 32.2. The van der Waals surface area contributed by atoms with E-state index < -0.39 is 9.85 Å². The van der Waals surface area contributed by atoms with E-state index in [1.54, 1.807) is 31.4 Å². The summed E-state index contributed by atoms with van der Waals surface area (Å²) in [6.45, 7) is 0. The zero-order valence-corrected chi connectivity index (χ0v) is 14.7. The maximum atomic E-state index is 10.9. The molecule has 1 heterocycles. The van der Waals surface area contributed by atoms with Crippen molar-refractivity contribution in [3.63, 3.8) is 0 Å². The molecule has 138 valence electrons. The first kappa shape index (κ1) is 18.3. The van der Waals surface area contributed by atoms with E-state index in [4.69, 9.17) is 9.15 Å². The predicted octanol–water partition coefficient (Wildman–Crippen LogP) is 3.85. The molecule has 2 aromatic carbocycles. The second-order valence-corrected chi connectivity index (χ2v) is 6.19. The Bertz CT molecular complexity index is 957. The van der Waals surface area contributed by atoms with Gasteiger partial charge in [-0.05, 0) is 29.8 Å². The van der Waals surface area contributed by atoms with E-state index in [-0.39, 0.29) is 22.4 Å². The molecule has 1 aromatic heterocycles. The molecule has 0 aliphatic rings. The van der Waals surface area contributed by atoms with Crippen molar-refractivity contribution in [1.82, 2.24) is 10.2 Å². The summed E-state index contributed by atoms with van der Waals surface area (Å²) in [7, 11) is 1.56. The van der Waals surface area contributed by atoms with Crippen LogP contribution < -0.4 is 4.74 Å². The van der Waals surface area contributed by atoms with E-state index in [0.717, 1.165) is 17.8 Å². The van der Waals surface area contributed by atoms with Crippen molar-refractivity contribution in [2.24, 2.45) is 0 Å². The number of nitrogens with zero attached hydrogens (tertiary/aromatic N) is 4. The topological polar surface area (TPSA) is 134 Å². The zero-order chi connectivity index (χ0) is 19.4. The first-order valence-corrected chi connectivity index (χ1v) is 8.48. The quantitative estimate of drug-likeness (QED) is 0.336. The van der Waals surface area contributed by atoms with Gasteiger partial charge in [-0.1, -0.05) is 11.8 Å². The molecule has 0 unspecified atom stereocenters. The summed E-state index contributed by atoms with van der Waals surface area (Å²) in [5.41, 5.74) is 0.430. The third kappa shape index (κ3) is 4.39. The van der Waals surface area contributed by atoms with Crippen LogP contribution in [-0.2, 0) is 5.75 Å². The maximum absolute atomic E-state index is 10.9. The Balaban J connectivity index is 1.74. The minimum absolute atomic E-state index is 0.201. The molecule has 27 heavy (non-hydrogen) atoms. The van der Waals surface area contributed by atoms with Gasteiger partial charge >= 0.3 is 0 Å². The van der Waals surface area contributed by atoms with Gasteiger partial charge in [0, 0.05) is 23.4 Å². The molecule has 11 heteroatoms. The van der Waals surface area contributed by atoms with Crippen LogP contribution in [0.3, 0.4) is 0 Å². The molecule has 0 aliphatic heterocycles. The van der Waals surface area contributed by atoms with Crippen LogP contribution >= 0.6 is 11.8 Å². The van der Waals surface area contributed by atoms with Crippen molar-refractivity contribution in [3.05, 3.63) is 68.3 Å². The summed E-state index contributed by atoms with van der Waals surface area (Å²) in [6, 6.07) is 10.5. The fraction of sp³-hybridized carbons (Fsp3) is 0.125. The van der Waals surface area contributed by atoms with Crippen LogP contribution in [0.2, 0.25) is 0 Å². The summed E-state index contributed by atoms with van der Waals surface area (Å²) in [4.78, 5) is 20.5. The van der Waals surface area contributed by atoms with E-state index in [1.165, 1.54) is 12.1 Å². The molecule has 0 N–H and O–H groups in total. The second kappa shape index (κ2) is 7.83. The number of hydrogen-bond acceptors (Lipinski definition) is 9. The molecule has 0 saturated carbocycles. The molecular weight excluding hydrogens is 376 g/mol. The van der Waals surface area contributed by atoms with Gasteiger partial charge in [-0.3, -0.25) is 20.2 Å². The lowest BCUT2D eigenvalue weighted by Crippen LogP contribution is -1.95. The van der Waals surface area contributed by atoms with Crippen molar-refractivity contribution >= 4 is 23.1 Å². The molecule has 0 aliphatic carbocycles. The normalized spacial score (nSPS) is 10.6. The van der Waals surface area contributed by atoms with Gasteiger partial charge in [0.2, 0.25) is 5.89 Å². The van der Waals surface area contributed by atoms with Crippen LogP contribution in [0.4, 0.5) is 11.4 Å². The van der Waals surface area contributed by atoms with Gasteiger partial charge < -0.3 is 9.15 Å². The van der Waals surface area contributed by atoms with Crippen LogP contribution in [0.15, 0.2) is 52.1 Å². The third-order valence-corrected chi connectivity index (χ3v) is 4.38. The molecule has 0 fully saturated rings. The summed E-state index contributed by atoms with van der Waals surface area (Å²) < 4.78 is 10.6. The lowest BCUT2D eigenvalue weighted by Gasteiger charge is -2.00. The van der Waals surface area contributed by atoms with E-state index in [2.05, 4.69) is 10.2 Å². The summed E-state index contributed by atoms with van der Waals surface area (Å²) in [5.74, 6) is 1.21. The lowest BCUT2D eigenvalue weighted by atomic mass is 10.2. The van der Waals surface area contributed by atoms with Gasteiger partial charge in [0.25, 0.3) is 16.6 Å². The monoisotopic (exact) mass is 388 g/mol. The highest BCUT2D eigenvalue weighted by molar-refractivity contribution is 7.98. The average Bonchev–Trinajstić information content (AvgIpc) is 3.15. The van der Waals surface area contributed by atoms with E-state index in [1.807, 2.05) is 0 Å². The minimum atomic E-state index is -0.671. The van der Waals surface area contributed by atoms with Gasteiger partial charge in [-0.15, -0.1) is 10.2 Å². The van der Waals surface area contributed by atoms with E-state index >= 15 is 0 Å². The number of methoxy groups -OCH3 is 1. The minimum Gasteiger partial charge on any atom is -0.497 e. The van der Waals surface area contributed by atoms with Crippen molar-refractivity contribution in [3.8, 4) is 17.2 Å². The number of nitro groups is 2. The van der Waals surface area contributed by atoms with Crippen LogP contribution in [0.25, 0.3) is 11.5 Å². The van der Waals surface area contributed by atoms with Gasteiger partial charge in [0.15, 0.2) is 0 Å². The number of benzene rings is 2. The first-order valence-electron chi connectivity index (χ1n) is 7.50. The number of rotatable bonds is 7. The van der Waals surface area contributed by atoms with Crippen LogP contribution in [0.1, 0.15) is 5.56 Å². The molecule has 3 aromatic rings. The SMILES string of the molecule is COc1ccc(-c2nnc(SCc3cc([N+](=O)[O-])cc([N+](=O)[O-])c3)o2)cc1. The lowest BCUT2D eigenvalue weighted by molar-refractivity contribution is -0.394. The third-order valence-electron chi connectivity index (χ3n) is 3.49. The fourth-order valence-electron chi connectivity index (χ4n) is 2.21. The number of aromatic nitrogens is 2. The Morgan fingerprint density at radius 2 is 1.67 bits per heavy atom. The van der Waals surface area contributed by atoms with Crippen molar-refractivity contribution in [1.29, 1.82) is 0 Å². The summed E-state index contributed by atoms with van der Waals surface area (Å²) >= 11 is 1.13. The molecule has 0 spiro atoms. The van der Waals surface area contributed by atoms with Crippen molar-refractivity contribution in [2.45, 2.75) is 11.0 Å². The number of hydrogen-bond donors (Lipinski definition) is 0. The average molecular weight is 388 g/mol. The molecule has 0 radical (unpaired) electrons. The molecular formula is C16H12N4O6S. The first-order chi connectivity index (χ1) is 13.0. The maximum Gasteiger partial charge on any atom is 0.277 e. The van der Waals surface area contributed by atoms with Crippen molar-refractivity contribution < 1.29 is 19.0 Å². The van der Waals surface area contributed by atoms with E-state index in [9.17, 15) is 20.2 Å². The van der Waals surface area contributed by atoms with E-state index in [0.29, 0.717) is 22.8 Å². The van der Waals surface area contributed by atoms with Gasteiger partial charge in [-0.25, -0.2) is 0 Å². The number of thioether (sulfide) groups is 1. The molecule has 3 rings (SSSR count). The molecule has 0 amide bonds. The van der Waals surface area contributed by atoms with Gasteiger partial charge in [0.1, 0.15) is 5.75 Å². The van der Waals surface area contributed by atoms with Crippen molar-refractivity contribution in [2.75, 3.05) is 7.11 Å². The van der Waals surface area contributed by atoms with Gasteiger partial charge in [-0.2, -0.15) is 0 Å². The molecule has 0 atom stereocenters. The number of ether oxygens (including phenoxy) is 1. The molecule has 0 saturated heterocycles. The number of non-ortho nitro benzene ring substituents is 2. The predicted molar refractivity (Wildman–Crippen MR) is 95.6 cm³/mol. The van der Waals surface area contributed by atoms with Crippen LogP contribution in [0, 0.1) is 20.2 Å². The second-order valence-electron chi connectivity index (χ2n) is 5.26. The Kier molecular flexibility index (Phi) is 5.31. The molecule has 10 nitrogen and oxygen atoms in total. The zero-order valence-electron chi connectivity index (χ0n) is 13.9. The summed E-state index contributed by atoms with van der Waals surface area (Å²) in [5, 5.41) is 30.0. The Morgan fingerprint density at radius 3 is 2.22 bits per heavy atom. The van der Waals surface area contributed by atoms with Crippen LogP contribution in [0.5, 0.6) is 5.75 Å². The molecule has 0 bridgehead atoms. The number of nitro benzene ring substituents is 2. The highest BCUT2D eigenvalue weighted by Gasteiger charge is 2.17. The highest BCUT2D eigenvalue weighted by Crippen LogP contribution is 2.29. The summed E-state index contributed by atoms with van der Waals surface area (Å²) in [6.07, 6.45) is 0. The Labute approximate surface area is 156 Å². The smallest absolute Gasteiger partial charge is 0.277 e. The fourth-order valence-corrected chi connectivity index (χ4v) is 2.91.